The van der Waals surface area contributed by atoms with Crippen LogP contribution < -0.4 is 5.32 Å². The Morgan fingerprint density at radius 1 is 1.06 bits per heavy atom. The molecule has 2 N–H and O–H groups in total. The molecule has 0 fully saturated rings. The monoisotopic (exact) mass is 510 g/mol. The number of carboxylic acids is 1. The van der Waals surface area contributed by atoms with E-state index in [9.17, 15) is 9.59 Å². The zero-order valence-electron chi connectivity index (χ0n) is 17.2. The molecule has 0 spiro atoms. The number of hydrogen-bond acceptors (Lipinski definition) is 2. The number of carbonyl (C=O) groups is 2. The van der Waals surface area contributed by atoms with Gasteiger partial charge in [0.25, 0.3) is 5.91 Å². The highest BCUT2D eigenvalue weighted by Gasteiger charge is 2.18. The number of halogens is 2. The number of amides is 1. The van der Waals surface area contributed by atoms with Crippen LogP contribution in [0.5, 0.6) is 0 Å². The van der Waals surface area contributed by atoms with Gasteiger partial charge in [0.15, 0.2) is 0 Å². The van der Waals surface area contributed by atoms with Crippen LogP contribution >= 0.6 is 27.5 Å². The summed E-state index contributed by atoms with van der Waals surface area (Å²) >= 11 is 9.62. The molecule has 3 aromatic carbocycles. The second kappa shape index (κ2) is 9.18. The number of rotatable bonds is 6. The highest BCUT2D eigenvalue weighted by atomic mass is 79.9. The van der Waals surface area contributed by atoms with Gasteiger partial charge in [-0.15, -0.1) is 0 Å². The molecule has 0 saturated heterocycles. The van der Waals surface area contributed by atoms with Crippen molar-refractivity contribution >= 4 is 50.3 Å². The fourth-order valence-corrected chi connectivity index (χ4v) is 4.38. The van der Waals surface area contributed by atoms with Crippen molar-refractivity contribution in [2.45, 2.75) is 19.5 Å². The van der Waals surface area contributed by atoms with Crippen LogP contribution in [0.25, 0.3) is 10.9 Å². The quantitative estimate of drug-likeness (QED) is 0.319. The van der Waals surface area contributed by atoms with E-state index < -0.39 is 5.97 Å². The predicted molar refractivity (Wildman–Crippen MR) is 129 cm³/mol. The minimum atomic E-state index is -0.980. The summed E-state index contributed by atoms with van der Waals surface area (Å²) < 4.78 is 2.96. The Balaban J connectivity index is 1.63. The normalized spacial score (nSPS) is 12.0. The van der Waals surface area contributed by atoms with E-state index in [1.807, 2.05) is 60.2 Å². The number of para-hydroxylation sites is 1. The van der Waals surface area contributed by atoms with Crippen molar-refractivity contribution in [1.29, 1.82) is 0 Å². The van der Waals surface area contributed by atoms with Gasteiger partial charge in [-0.05, 0) is 64.3 Å². The van der Waals surface area contributed by atoms with Gasteiger partial charge in [-0.3, -0.25) is 4.79 Å². The maximum atomic E-state index is 13.2. The second-order valence-corrected chi connectivity index (χ2v) is 8.85. The largest absolute Gasteiger partial charge is 0.478 e. The number of aromatic nitrogens is 1. The summed E-state index contributed by atoms with van der Waals surface area (Å²) in [6.07, 6.45) is 1.98. The summed E-state index contributed by atoms with van der Waals surface area (Å²) in [4.78, 5) is 24.3. The zero-order valence-corrected chi connectivity index (χ0v) is 19.5. The summed E-state index contributed by atoms with van der Waals surface area (Å²) in [6, 6.07) is 19.5. The molecule has 5 nitrogen and oxygen atoms in total. The Labute approximate surface area is 198 Å². The van der Waals surface area contributed by atoms with Gasteiger partial charge in [0.2, 0.25) is 0 Å². The van der Waals surface area contributed by atoms with E-state index in [2.05, 4.69) is 21.2 Å². The highest BCUT2D eigenvalue weighted by molar-refractivity contribution is 9.10. The minimum Gasteiger partial charge on any atom is -0.478 e. The van der Waals surface area contributed by atoms with Gasteiger partial charge in [-0.25, -0.2) is 4.79 Å². The number of hydrogen-bond donors (Lipinski definition) is 2. The molecule has 0 unspecified atom stereocenters. The van der Waals surface area contributed by atoms with Gasteiger partial charge in [-0.1, -0.05) is 48.0 Å². The zero-order chi connectivity index (χ0) is 22.8. The molecule has 1 aromatic heterocycles. The van der Waals surface area contributed by atoms with E-state index >= 15 is 0 Å². The van der Waals surface area contributed by atoms with Crippen LogP contribution in [0.3, 0.4) is 0 Å². The molecule has 7 heteroatoms. The van der Waals surface area contributed by atoms with Gasteiger partial charge in [-0.2, -0.15) is 0 Å². The smallest absolute Gasteiger partial charge is 0.335 e. The lowest BCUT2D eigenvalue weighted by atomic mass is 10.0. The maximum Gasteiger partial charge on any atom is 0.335 e. The van der Waals surface area contributed by atoms with Crippen molar-refractivity contribution in [2.75, 3.05) is 0 Å². The first-order chi connectivity index (χ1) is 15.3. The lowest BCUT2D eigenvalue weighted by Gasteiger charge is -2.16. The molecule has 0 aliphatic heterocycles. The fourth-order valence-electron chi connectivity index (χ4n) is 3.68. The average Bonchev–Trinajstić information content (AvgIpc) is 3.10. The van der Waals surface area contributed by atoms with Crippen LogP contribution in [0.15, 0.2) is 77.4 Å². The number of nitrogens with one attached hydrogen (secondary N) is 1. The molecule has 0 aliphatic carbocycles. The average molecular weight is 512 g/mol. The summed E-state index contributed by atoms with van der Waals surface area (Å²) in [6.45, 7) is 2.46. The topological polar surface area (TPSA) is 71.3 Å². The first-order valence-corrected chi connectivity index (χ1v) is 11.2. The third kappa shape index (κ3) is 4.56. The van der Waals surface area contributed by atoms with Crippen molar-refractivity contribution in [3.8, 4) is 0 Å². The fraction of sp³-hybridized carbons (Fsp3) is 0.120. The van der Waals surface area contributed by atoms with Crippen LogP contribution in [0.1, 0.15) is 44.8 Å². The Morgan fingerprint density at radius 3 is 2.41 bits per heavy atom. The molecule has 4 rings (SSSR count). The molecule has 0 bridgehead atoms. The molecule has 0 aliphatic rings. The molecule has 1 amide bonds. The lowest BCUT2D eigenvalue weighted by Crippen LogP contribution is -2.27. The molecule has 32 heavy (non-hydrogen) atoms. The van der Waals surface area contributed by atoms with E-state index in [0.29, 0.717) is 17.1 Å². The number of fused-ring (bicyclic) bond motifs is 1. The molecule has 1 atom stereocenters. The van der Waals surface area contributed by atoms with Crippen molar-refractivity contribution in [3.63, 3.8) is 0 Å². The van der Waals surface area contributed by atoms with Crippen LogP contribution in [-0.4, -0.2) is 21.6 Å². The Bertz CT molecular complexity index is 1300. The van der Waals surface area contributed by atoms with E-state index in [1.165, 1.54) is 12.1 Å². The molecular weight excluding hydrogens is 492 g/mol. The molecule has 0 radical (unpaired) electrons. The van der Waals surface area contributed by atoms with Crippen LogP contribution in [-0.2, 0) is 6.54 Å². The minimum absolute atomic E-state index is 0.201. The number of carboxylic acid groups (broad SMARTS) is 1. The van der Waals surface area contributed by atoms with Crippen molar-refractivity contribution in [1.82, 2.24) is 9.88 Å². The van der Waals surface area contributed by atoms with Crippen LogP contribution in [0.2, 0.25) is 5.02 Å². The summed E-state index contributed by atoms with van der Waals surface area (Å²) in [5.41, 5.74) is 3.51. The Kier molecular flexibility index (Phi) is 6.35. The Morgan fingerprint density at radius 2 is 1.75 bits per heavy atom. The third-order valence-electron chi connectivity index (χ3n) is 5.37. The van der Waals surface area contributed by atoms with E-state index in [-0.39, 0.29) is 17.5 Å². The van der Waals surface area contributed by atoms with E-state index in [1.54, 1.807) is 12.1 Å². The first-order valence-electron chi connectivity index (χ1n) is 9.99. The van der Waals surface area contributed by atoms with Gasteiger partial charge >= 0.3 is 5.97 Å². The Hall–Kier alpha value is -3.09. The predicted octanol–water partition coefficient (Wildman–Crippen LogP) is 6.29. The summed E-state index contributed by atoms with van der Waals surface area (Å²) in [5, 5.41) is 13.7. The number of aromatic carboxylic acids is 1. The van der Waals surface area contributed by atoms with Crippen molar-refractivity contribution in [3.05, 3.63) is 105 Å². The molecule has 1 heterocycles. The summed E-state index contributed by atoms with van der Waals surface area (Å²) in [5.74, 6) is -1.18. The van der Waals surface area contributed by atoms with Gasteiger partial charge in [0.1, 0.15) is 0 Å². The third-order valence-corrected chi connectivity index (χ3v) is 6.25. The van der Waals surface area contributed by atoms with Gasteiger partial charge in [0, 0.05) is 27.6 Å². The van der Waals surface area contributed by atoms with Crippen molar-refractivity contribution < 1.29 is 14.7 Å². The van der Waals surface area contributed by atoms with Gasteiger partial charge < -0.3 is 15.0 Å². The molecule has 0 saturated carbocycles. The molecule has 162 valence electrons. The highest BCUT2D eigenvalue weighted by Crippen LogP contribution is 2.30. The van der Waals surface area contributed by atoms with Crippen LogP contribution in [0.4, 0.5) is 0 Å². The number of benzene rings is 3. The molecule has 4 aromatic rings. The summed E-state index contributed by atoms with van der Waals surface area (Å²) in [7, 11) is 0. The SMILES string of the molecule is C[C@H](NC(=O)c1cccc2c(Br)cn(Cc3ccc(Cl)cc3)c12)c1ccc(C(=O)O)cc1. The second-order valence-electron chi connectivity index (χ2n) is 7.56. The van der Waals surface area contributed by atoms with Crippen LogP contribution in [0, 0.1) is 0 Å². The van der Waals surface area contributed by atoms with E-state index in [0.717, 1.165) is 26.5 Å². The molecular formula is C25H20BrClN2O3. The van der Waals surface area contributed by atoms with Crippen molar-refractivity contribution in [2.24, 2.45) is 0 Å². The first kappa shape index (κ1) is 22.1. The standard InChI is InChI=1S/C25H20BrClN2O3/c1-15(17-7-9-18(10-8-17)25(31)32)28-24(30)21-4-2-3-20-22(26)14-29(23(20)21)13-16-5-11-19(27)12-6-16/h2-12,14-15H,13H2,1H3,(H,28,30)(H,31,32)/t15-/m0/s1. The maximum absolute atomic E-state index is 13.2. The van der Waals surface area contributed by atoms with E-state index in [4.69, 9.17) is 16.7 Å². The van der Waals surface area contributed by atoms with Gasteiger partial charge in [0.05, 0.1) is 22.7 Å². The number of nitrogens with zero attached hydrogens (tertiary/aromatic N) is 1. The number of carbonyl (C=O) groups excluding carboxylic acids is 1. The lowest BCUT2D eigenvalue weighted by molar-refractivity contribution is 0.0696.